The van der Waals surface area contributed by atoms with E-state index in [1.807, 2.05) is 0 Å². The van der Waals surface area contributed by atoms with Gasteiger partial charge in [0.15, 0.2) is 0 Å². The number of hydrogen-bond acceptors (Lipinski definition) is 5. The molecule has 0 bridgehead atoms. The Morgan fingerprint density at radius 1 is 1.32 bits per heavy atom. The summed E-state index contributed by atoms with van der Waals surface area (Å²) in [5.74, 6) is -0.409. The first kappa shape index (κ1) is 19.2. The Labute approximate surface area is 160 Å². The molecule has 6 nitrogen and oxygen atoms in total. The van der Waals surface area contributed by atoms with Crippen molar-refractivity contribution >= 4 is 17.0 Å². The third kappa shape index (κ3) is 3.47. The number of aromatic nitrogens is 2. The molecule has 2 aromatic heterocycles. The molecule has 0 saturated carbocycles. The highest BCUT2D eigenvalue weighted by molar-refractivity contribution is 5.83. The first-order valence-corrected chi connectivity index (χ1v) is 9.65. The molecule has 0 spiro atoms. The van der Waals surface area contributed by atoms with Crippen LogP contribution >= 0.6 is 0 Å². The summed E-state index contributed by atoms with van der Waals surface area (Å²) < 4.78 is 51.7. The van der Waals surface area contributed by atoms with Gasteiger partial charge in [0, 0.05) is 31.3 Å². The summed E-state index contributed by atoms with van der Waals surface area (Å²) in [5, 5.41) is 3.87. The van der Waals surface area contributed by atoms with Crippen LogP contribution in [0.1, 0.15) is 55.5 Å². The van der Waals surface area contributed by atoms with Gasteiger partial charge >= 0.3 is 6.18 Å². The second kappa shape index (κ2) is 7.35. The Kier molecular flexibility index (Phi) is 5.03. The van der Waals surface area contributed by atoms with Gasteiger partial charge in [0.05, 0.1) is 16.6 Å². The predicted octanol–water partition coefficient (Wildman–Crippen LogP) is 3.69. The first-order valence-electron chi connectivity index (χ1n) is 9.65. The second-order valence-electron chi connectivity index (χ2n) is 7.39. The zero-order valence-electron chi connectivity index (χ0n) is 15.6. The van der Waals surface area contributed by atoms with Gasteiger partial charge in [-0.05, 0) is 38.2 Å². The Morgan fingerprint density at radius 2 is 2.14 bits per heavy atom. The minimum Gasteiger partial charge on any atom is -0.368 e. The lowest BCUT2D eigenvalue weighted by molar-refractivity contribution is -0.142. The number of halogens is 3. The topological polar surface area (TPSA) is 68.5 Å². The molecule has 152 valence electrons. The fraction of sp³-hybridized carbons (Fsp3) is 0.632. The van der Waals surface area contributed by atoms with Crippen molar-refractivity contribution in [3.8, 4) is 0 Å². The first-order chi connectivity index (χ1) is 13.4. The monoisotopic (exact) mass is 397 g/mol. The molecule has 0 N–H and O–H groups in total. The number of carbonyl (C=O) groups is 1. The van der Waals surface area contributed by atoms with Crippen LogP contribution < -0.4 is 0 Å². The highest BCUT2D eigenvalue weighted by Gasteiger charge is 2.39. The molecule has 0 aliphatic carbocycles. The van der Waals surface area contributed by atoms with Gasteiger partial charge in [0.2, 0.25) is 0 Å². The molecule has 28 heavy (non-hydrogen) atoms. The molecule has 2 atom stereocenters. The van der Waals surface area contributed by atoms with Crippen LogP contribution in [-0.2, 0) is 22.1 Å². The van der Waals surface area contributed by atoms with E-state index in [4.69, 9.17) is 9.26 Å². The number of rotatable bonds is 3. The lowest BCUT2D eigenvalue weighted by atomic mass is 9.91. The molecule has 4 rings (SSSR count). The number of nitrogens with zero attached hydrogens (tertiary/aromatic N) is 3. The molecule has 4 heterocycles. The van der Waals surface area contributed by atoms with Crippen LogP contribution in [0.15, 0.2) is 10.6 Å². The number of aryl methyl sites for hydroxylation is 1. The van der Waals surface area contributed by atoms with E-state index in [0.29, 0.717) is 51.1 Å². The van der Waals surface area contributed by atoms with Gasteiger partial charge in [-0.25, -0.2) is 4.98 Å². The molecule has 1 amide bonds. The fourth-order valence-electron chi connectivity index (χ4n) is 4.08. The van der Waals surface area contributed by atoms with Crippen LogP contribution in [0.2, 0.25) is 0 Å². The van der Waals surface area contributed by atoms with E-state index in [1.165, 1.54) is 0 Å². The molecular weight excluding hydrogens is 375 g/mol. The molecule has 2 saturated heterocycles. The van der Waals surface area contributed by atoms with E-state index >= 15 is 0 Å². The molecule has 2 aliphatic rings. The molecule has 0 aromatic carbocycles. The maximum absolute atomic E-state index is 13.7. The predicted molar refractivity (Wildman–Crippen MR) is 93.7 cm³/mol. The van der Waals surface area contributed by atoms with Crippen molar-refractivity contribution in [2.75, 3.05) is 19.7 Å². The molecule has 2 aliphatic heterocycles. The third-order valence-corrected chi connectivity index (χ3v) is 5.52. The maximum atomic E-state index is 13.7. The summed E-state index contributed by atoms with van der Waals surface area (Å²) >= 11 is 0. The Hall–Kier alpha value is -2.16. The van der Waals surface area contributed by atoms with Crippen LogP contribution in [0.4, 0.5) is 13.2 Å². The molecule has 2 aromatic rings. The zero-order valence-corrected chi connectivity index (χ0v) is 15.6. The van der Waals surface area contributed by atoms with Crippen molar-refractivity contribution in [1.29, 1.82) is 0 Å². The van der Waals surface area contributed by atoms with E-state index in [0.717, 1.165) is 12.5 Å². The average Bonchev–Trinajstić information content (AvgIpc) is 3.35. The third-order valence-electron chi connectivity index (χ3n) is 5.52. The van der Waals surface area contributed by atoms with Crippen LogP contribution in [0, 0.1) is 0 Å². The Bertz CT molecular complexity index is 874. The van der Waals surface area contributed by atoms with Crippen molar-refractivity contribution in [3.05, 3.63) is 23.0 Å². The number of pyridine rings is 1. The van der Waals surface area contributed by atoms with Gasteiger partial charge in [0.1, 0.15) is 6.10 Å². The zero-order chi connectivity index (χ0) is 19.9. The summed E-state index contributed by atoms with van der Waals surface area (Å²) in [6.45, 7) is 3.20. The average molecular weight is 397 g/mol. The number of likely N-dealkylation sites (tertiary alicyclic amines) is 1. The normalized spacial score (nSPS) is 23.5. The van der Waals surface area contributed by atoms with E-state index in [2.05, 4.69) is 10.1 Å². The van der Waals surface area contributed by atoms with Gasteiger partial charge in [0.25, 0.3) is 11.6 Å². The van der Waals surface area contributed by atoms with E-state index < -0.39 is 17.8 Å². The lowest BCUT2D eigenvalue weighted by Crippen LogP contribution is -2.44. The van der Waals surface area contributed by atoms with Gasteiger partial charge in [-0.15, -0.1) is 0 Å². The highest BCUT2D eigenvalue weighted by Crippen LogP contribution is 2.40. The van der Waals surface area contributed by atoms with Crippen molar-refractivity contribution in [2.45, 2.75) is 57.2 Å². The maximum Gasteiger partial charge on any atom is 0.417 e. The summed E-state index contributed by atoms with van der Waals surface area (Å²) in [5.41, 5.74) is -0.318. The number of alkyl halides is 3. The van der Waals surface area contributed by atoms with Gasteiger partial charge < -0.3 is 14.2 Å². The molecule has 2 fully saturated rings. The number of carbonyl (C=O) groups excluding carboxylic acids is 1. The number of ether oxygens (including phenoxy) is 1. The summed E-state index contributed by atoms with van der Waals surface area (Å²) in [6.07, 6.45) is -1.73. The lowest BCUT2D eigenvalue weighted by Gasteiger charge is -2.33. The second-order valence-corrected chi connectivity index (χ2v) is 7.39. The van der Waals surface area contributed by atoms with Gasteiger partial charge in [-0.2, -0.15) is 13.2 Å². The van der Waals surface area contributed by atoms with E-state index in [-0.39, 0.29) is 28.6 Å². The molecule has 9 heteroatoms. The highest BCUT2D eigenvalue weighted by atomic mass is 19.4. The minimum absolute atomic E-state index is 0.0823. The number of amides is 1. The standard InChI is InChI=1S/C19H22F3N3O3/c1-2-12-9-13(19(20,21)22)15-16(24-28-17(15)23-12)11-5-3-7-25(10-11)18(26)14-6-4-8-27-14/h9,11,14H,2-8,10H2,1H3. The van der Waals surface area contributed by atoms with Crippen LogP contribution in [0.5, 0.6) is 0 Å². The Balaban J connectivity index is 1.67. The van der Waals surface area contributed by atoms with E-state index in [1.54, 1.807) is 11.8 Å². The molecule has 0 radical (unpaired) electrons. The summed E-state index contributed by atoms with van der Waals surface area (Å²) in [7, 11) is 0. The van der Waals surface area contributed by atoms with E-state index in [9.17, 15) is 18.0 Å². The number of piperidine rings is 1. The SMILES string of the molecule is CCc1cc(C(F)(F)F)c2c(C3CCCN(C(=O)C4CCCO4)C3)noc2n1. The van der Waals surface area contributed by atoms with Crippen LogP contribution in [-0.4, -0.2) is 46.7 Å². The Morgan fingerprint density at radius 3 is 2.82 bits per heavy atom. The minimum atomic E-state index is -4.53. The van der Waals surface area contributed by atoms with Crippen molar-refractivity contribution < 1.29 is 27.2 Å². The fourth-order valence-corrected chi connectivity index (χ4v) is 4.08. The van der Waals surface area contributed by atoms with Crippen molar-refractivity contribution in [3.63, 3.8) is 0 Å². The van der Waals surface area contributed by atoms with Crippen molar-refractivity contribution in [1.82, 2.24) is 15.0 Å². The number of fused-ring (bicyclic) bond motifs is 1. The summed E-state index contributed by atoms with van der Waals surface area (Å²) in [4.78, 5) is 18.5. The molecule has 2 unspecified atom stereocenters. The summed E-state index contributed by atoms with van der Waals surface area (Å²) in [6, 6.07) is 1.07. The quantitative estimate of drug-likeness (QED) is 0.790. The van der Waals surface area contributed by atoms with Crippen LogP contribution in [0.25, 0.3) is 11.1 Å². The van der Waals surface area contributed by atoms with Crippen LogP contribution in [0.3, 0.4) is 0 Å². The molecular formula is C19H22F3N3O3. The largest absolute Gasteiger partial charge is 0.417 e. The smallest absolute Gasteiger partial charge is 0.368 e. The van der Waals surface area contributed by atoms with Gasteiger partial charge in [-0.3, -0.25) is 4.79 Å². The number of hydrogen-bond donors (Lipinski definition) is 0. The van der Waals surface area contributed by atoms with Gasteiger partial charge in [-0.1, -0.05) is 12.1 Å². The van der Waals surface area contributed by atoms with Crippen molar-refractivity contribution in [2.24, 2.45) is 0 Å².